The van der Waals surface area contributed by atoms with Crippen molar-refractivity contribution in [1.82, 2.24) is 5.32 Å². The van der Waals surface area contributed by atoms with Gasteiger partial charge in [0.15, 0.2) is 5.60 Å². The highest BCUT2D eigenvalue weighted by molar-refractivity contribution is 5.99. The number of cyclic esters (lactones) is 1. The van der Waals surface area contributed by atoms with Crippen molar-refractivity contribution >= 4 is 23.5 Å². The second kappa shape index (κ2) is 9.67. The van der Waals surface area contributed by atoms with Crippen LogP contribution in [0.4, 0.5) is 0 Å². The van der Waals surface area contributed by atoms with E-state index in [0.29, 0.717) is 25.8 Å². The Morgan fingerprint density at radius 3 is 2.29 bits per heavy atom. The molecule has 8 nitrogen and oxygen atoms in total. The Bertz CT molecular complexity index is 940. The van der Waals surface area contributed by atoms with Crippen LogP contribution in [0.5, 0.6) is 0 Å². The molecule has 8 heteroatoms. The van der Waals surface area contributed by atoms with Crippen LogP contribution in [0.1, 0.15) is 67.7 Å². The van der Waals surface area contributed by atoms with E-state index in [9.17, 15) is 19.2 Å². The predicted octanol–water partition coefficient (Wildman–Crippen LogP) is 2.47. The first-order valence-corrected chi connectivity index (χ1v) is 12.6. The fraction of sp³-hybridized carbons (Fsp3) is 0.778. The van der Waals surface area contributed by atoms with Crippen molar-refractivity contribution in [2.24, 2.45) is 29.1 Å². The average molecular weight is 490 g/mol. The Morgan fingerprint density at radius 1 is 1.06 bits per heavy atom. The normalized spacial score (nSPS) is 44.7. The molecule has 0 bridgehead atoms. The molecule has 35 heavy (non-hydrogen) atoms. The lowest BCUT2D eigenvalue weighted by Gasteiger charge is -2.43. The predicted molar refractivity (Wildman–Crippen MR) is 128 cm³/mol. The number of hydrogen-bond donors (Lipinski definition) is 1. The summed E-state index contributed by atoms with van der Waals surface area (Å²) < 4.78 is 17.7. The number of carbonyl (C=O) groups is 4. The van der Waals surface area contributed by atoms with Crippen LogP contribution >= 0.6 is 0 Å². The highest BCUT2D eigenvalue weighted by Gasteiger charge is 2.68. The van der Waals surface area contributed by atoms with Crippen LogP contribution in [-0.2, 0) is 33.4 Å². The Hall–Kier alpha value is -2.24. The molecule has 1 N–H and O–H groups in total. The van der Waals surface area contributed by atoms with Gasteiger partial charge in [0.25, 0.3) is 0 Å². The Morgan fingerprint density at radius 2 is 1.69 bits per heavy atom. The van der Waals surface area contributed by atoms with Gasteiger partial charge in [0.05, 0.1) is 5.60 Å². The maximum atomic E-state index is 14.0. The van der Waals surface area contributed by atoms with E-state index in [-0.39, 0.29) is 18.2 Å². The van der Waals surface area contributed by atoms with E-state index in [0.717, 1.165) is 0 Å². The smallest absolute Gasteiger partial charge is 0.324 e. The Labute approximate surface area is 208 Å². The molecule has 0 aromatic heterocycles. The van der Waals surface area contributed by atoms with E-state index in [1.165, 1.54) is 0 Å². The van der Waals surface area contributed by atoms with Crippen molar-refractivity contribution in [3.05, 3.63) is 0 Å². The topological polar surface area (TPSA) is 108 Å². The van der Waals surface area contributed by atoms with Gasteiger partial charge in [-0.05, 0) is 40.0 Å². The quantitative estimate of drug-likeness (QED) is 0.366. The number of nitrogens with one attached hydrogen (secondary N) is 1. The minimum absolute atomic E-state index is 0.0249. The van der Waals surface area contributed by atoms with Crippen LogP contribution < -0.4 is 5.32 Å². The van der Waals surface area contributed by atoms with Crippen LogP contribution in [0.15, 0.2) is 0 Å². The van der Waals surface area contributed by atoms with Crippen molar-refractivity contribution in [1.29, 1.82) is 0 Å². The van der Waals surface area contributed by atoms with Crippen LogP contribution in [0, 0.1) is 41.4 Å². The Balaban J connectivity index is 2.11. The maximum Gasteiger partial charge on any atom is 0.324 e. The fourth-order valence-corrected chi connectivity index (χ4v) is 6.81. The monoisotopic (exact) mass is 489 g/mol. The van der Waals surface area contributed by atoms with Crippen molar-refractivity contribution in [3.63, 3.8) is 0 Å². The summed E-state index contributed by atoms with van der Waals surface area (Å²) in [5, 5.41) is 3.19. The van der Waals surface area contributed by atoms with Crippen LogP contribution in [0.25, 0.3) is 0 Å². The number of rotatable bonds is 3. The molecule has 3 rings (SSSR count). The van der Waals surface area contributed by atoms with Gasteiger partial charge < -0.3 is 19.5 Å². The minimum Gasteiger partial charge on any atom is -0.458 e. The Kier molecular flexibility index (Phi) is 7.55. The van der Waals surface area contributed by atoms with Gasteiger partial charge in [0.1, 0.15) is 36.2 Å². The van der Waals surface area contributed by atoms with Gasteiger partial charge in [0, 0.05) is 29.7 Å². The van der Waals surface area contributed by atoms with Crippen LogP contribution in [0.2, 0.25) is 0 Å². The van der Waals surface area contributed by atoms with Crippen molar-refractivity contribution in [2.75, 3.05) is 13.2 Å². The SMILES string of the molecule is C#CCO[C@@]1(C)C[C@@H](C)C(=O)[C@@H](C)C(=O)O[C@@H](CC)[C@@]2(C)OC(=O)[C@@H]3NC[C@@](C)(C(=O)[C@H](C)C1)C32. The van der Waals surface area contributed by atoms with Crippen molar-refractivity contribution in [2.45, 2.75) is 91.1 Å². The van der Waals surface area contributed by atoms with E-state index >= 15 is 0 Å². The van der Waals surface area contributed by atoms with E-state index in [1.54, 1.807) is 20.8 Å². The van der Waals surface area contributed by atoms with Crippen molar-refractivity contribution < 1.29 is 33.4 Å². The lowest BCUT2D eigenvalue weighted by molar-refractivity contribution is -0.186. The van der Waals surface area contributed by atoms with Crippen LogP contribution in [-0.4, -0.2) is 60.0 Å². The zero-order chi connectivity index (χ0) is 26.3. The number of carbonyl (C=O) groups excluding carboxylic acids is 4. The molecule has 194 valence electrons. The summed E-state index contributed by atoms with van der Waals surface area (Å²) >= 11 is 0. The lowest BCUT2D eigenvalue weighted by atomic mass is 9.62. The first-order valence-electron chi connectivity index (χ1n) is 12.6. The summed E-state index contributed by atoms with van der Waals surface area (Å²) in [5.41, 5.74) is -3.01. The third kappa shape index (κ3) is 4.65. The van der Waals surface area contributed by atoms with E-state index < -0.39 is 64.4 Å². The highest BCUT2D eigenvalue weighted by atomic mass is 16.6. The third-order valence-corrected chi connectivity index (χ3v) is 8.43. The van der Waals surface area contributed by atoms with Gasteiger partial charge in [0.2, 0.25) is 0 Å². The fourth-order valence-electron chi connectivity index (χ4n) is 6.81. The third-order valence-electron chi connectivity index (χ3n) is 8.43. The van der Waals surface area contributed by atoms with Crippen molar-refractivity contribution in [3.8, 4) is 12.3 Å². The zero-order valence-corrected chi connectivity index (χ0v) is 21.9. The van der Waals surface area contributed by atoms with Gasteiger partial charge in [-0.3, -0.25) is 19.2 Å². The summed E-state index contributed by atoms with van der Waals surface area (Å²) in [4.78, 5) is 53.2. The molecule has 0 saturated carbocycles. The molecular formula is C27H39NO7. The molecule has 3 heterocycles. The van der Waals surface area contributed by atoms with E-state index in [4.69, 9.17) is 20.6 Å². The van der Waals surface area contributed by atoms with Gasteiger partial charge >= 0.3 is 11.9 Å². The zero-order valence-electron chi connectivity index (χ0n) is 21.9. The molecule has 3 fully saturated rings. The molecule has 3 saturated heterocycles. The molecule has 3 aliphatic heterocycles. The molecule has 9 atom stereocenters. The second-order valence-corrected chi connectivity index (χ2v) is 11.3. The van der Waals surface area contributed by atoms with Gasteiger partial charge in [-0.15, -0.1) is 6.42 Å². The average Bonchev–Trinajstić information content (AvgIpc) is 3.30. The summed E-state index contributed by atoms with van der Waals surface area (Å²) in [6, 6.07) is -0.676. The molecule has 0 aromatic carbocycles. The first kappa shape index (κ1) is 27.3. The summed E-state index contributed by atoms with van der Waals surface area (Å²) in [6.07, 6.45) is 5.66. The first-order chi connectivity index (χ1) is 16.2. The molecule has 0 amide bonds. The standard InChI is InChI=1S/C27H39NO7/c1-9-11-33-25(6)12-15(3)20(29)17(5)23(31)34-18(10-2)27(8)21-19(24(32)35-27)28-14-26(21,7)22(30)16(4)13-25/h1,15-19,21,28H,10-14H2,2-8H3/t15-,16-,17-,18+,19-,21?,25+,26-,27-/m1/s1. The number of esters is 2. The largest absolute Gasteiger partial charge is 0.458 e. The molecule has 0 aliphatic carbocycles. The van der Waals surface area contributed by atoms with Gasteiger partial charge in [-0.1, -0.05) is 33.6 Å². The number of Topliss-reactive ketones (excluding diaryl/α,β-unsaturated/α-hetero) is 2. The molecule has 0 spiro atoms. The lowest BCUT2D eigenvalue weighted by Crippen LogP contribution is -2.56. The number of hydrogen-bond acceptors (Lipinski definition) is 8. The van der Waals surface area contributed by atoms with E-state index in [1.807, 2.05) is 27.7 Å². The molecule has 1 unspecified atom stereocenters. The molecule has 0 aromatic rings. The molecule has 0 radical (unpaired) electrons. The number of ketones is 2. The summed E-state index contributed by atoms with van der Waals surface area (Å²) in [6.45, 7) is 12.8. The number of ether oxygens (including phenoxy) is 3. The molecular weight excluding hydrogens is 450 g/mol. The van der Waals surface area contributed by atoms with Crippen LogP contribution in [0.3, 0.4) is 0 Å². The minimum atomic E-state index is -1.22. The second-order valence-electron chi connectivity index (χ2n) is 11.3. The van der Waals surface area contributed by atoms with E-state index in [2.05, 4.69) is 11.2 Å². The van der Waals surface area contributed by atoms with Gasteiger partial charge in [-0.25, -0.2) is 0 Å². The summed E-state index contributed by atoms with van der Waals surface area (Å²) in [5.74, 6) is -1.44. The molecule has 3 aliphatic rings. The van der Waals surface area contributed by atoms with Gasteiger partial charge in [-0.2, -0.15) is 0 Å². The highest BCUT2D eigenvalue weighted by Crippen LogP contribution is 2.53. The number of terminal acetylenes is 1. The summed E-state index contributed by atoms with van der Waals surface area (Å²) in [7, 11) is 0. The maximum absolute atomic E-state index is 14.0.